The number of methoxy groups -OCH3 is 1. The van der Waals surface area contributed by atoms with Gasteiger partial charge in [-0.3, -0.25) is 14.1 Å². The van der Waals surface area contributed by atoms with Gasteiger partial charge in [-0.15, -0.1) is 0 Å². The summed E-state index contributed by atoms with van der Waals surface area (Å²) >= 11 is 7.16. The zero-order valence-corrected chi connectivity index (χ0v) is 21.9. The van der Waals surface area contributed by atoms with Crippen molar-refractivity contribution in [1.29, 1.82) is 0 Å². The number of fused-ring (bicyclic) bond motifs is 1. The number of nitrogens with one attached hydrogen (secondary N) is 1. The lowest BCUT2D eigenvalue weighted by Crippen LogP contribution is -2.14. The van der Waals surface area contributed by atoms with Gasteiger partial charge in [-0.2, -0.15) is 0 Å². The standard InChI is InChI=1S/C27H21ClN2O5S2/c1-34-20-8-5-9-21(15-20)35-25-13-10-19(28)14-23(25)29-37(32,33)22-11-12-24-26(16-22)36-27(31)30(24)17-18-6-3-2-4-7-18/h2-16,29H,17H2,1H3. The molecular weight excluding hydrogens is 532 g/mol. The van der Waals surface area contributed by atoms with Gasteiger partial charge in [-0.05, 0) is 54.1 Å². The molecule has 0 aliphatic carbocycles. The van der Waals surface area contributed by atoms with E-state index < -0.39 is 10.0 Å². The molecule has 0 saturated heterocycles. The Bertz CT molecular complexity index is 1750. The number of benzene rings is 4. The van der Waals surface area contributed by atoms with Crippen LogP contribution in [0.3, 0.4) is 0 Å². The van der Waals surface area contributed by atoms with E-state index in [1.807, 2.05) is 30.3 Å². The summed E-state index contributed by atoms with van der Waals surface area (Å²) in [6.45, 7) is 0.400. The van der Waals surface area contributed by atoms with E-state index in [-0.39, 0.29) is 21.2 Å². The first-order valence-electron chi connectivity index (χ1n) is 11.1. The Morgan fingerprint density at radius 2 is 1.70 bits per heavy atom. The van der Waals surface area contributed by atoms with Crippen molar-refractivity contribution in [3.05, 3.63) is 111 Å². The van der Waals surface area contributed by atoms with Gasteiger partial charge in [0, 0.05) is 11.1 Å². The summed E-state index contributed by atoms with van der Waals surface area (Å²) in [4.78, 5) is 12.5. The Morgan fingerprint density at radius 1 is 0.919 bits per heavy atom. The molecule has 37 heavy (non-hydrogen) atoms. The van der Waals surface area contributed by atoms with E-state index >= 15 is 0 Å². The molecule has 5 rings (SSSR count). The molecule has 0 saturated carbocycles. The average molecular weight is 553 g/mol. The van der Waals surface area contributed by atoms with Crippen LogP contribution in [0.4, 0.5) is 5.69 Å². The summed E-state index contributed by atoms with van der Waals surface area (Å²) in [5.74, 6) is 1.33. The molecule has 1 heterocycles. The first-order valence-corrected chi connectivity index (χ1v) is 13.8. The molecule has 7 nitrogen and oxygen atoms in total. The second-order valence-electron chi connectivity index (χ2n) is 8.10. The van der Waals surface area contributed by atoms with Crippen LogP contribution >= 0.6 is 22.9 Å². The Hall–Kier alpha value is -3.79. The summed E-state index contributed by atoms with van der Waals surface area (Å²) in [5.41, 5.74) is 1.82. The lowest BCUT2D eigenvalue weighted by atomic mass is 10.2. The van der Waals surface area contributed by atoms with Crippen molar-refractivity contribution in [3.63, 3.8) is 0 Å². The molecule has 10 heteroatoms. The third-order valence-corrected chi connectivity index (χ3v) is 8.13. The van der Waals surface area contributed by atoms with Crippen LogP contribution in [0.1, 0.15) is 5.56 Å². The van der Waals surface area contributed by atoms with Crippen molar-refractivity contribution in [2.24, 2.45) is 0 Å². The second kappa shape index (κ2) is 10.3. The van der Waals surface area contributed by atoms with Gasteiger partial charge in [-0.1, -0.05) is 59.3 Å². The molecule has 0 radical (unpaired) electrons. The van der Waals surface area contributed by atoms with Crippen molar-refractivity contribution in [2.75, 3.05) is 11.8 Å². The third kappa shape index (κ3) is 5.48. The molecule has 0 unspecified atom stereocenters. The van der Waals surface area contributed by atoms with E-state index in [1.54, 1.807) is 54.1 Å². The van der Waals surface area contributed by atoms with Gasteiger partial charge < -0.3 is 9.47 Å². The maximum Gasteiger partial charge on any atom is 0.308 e. The molecule has 0 fully saturated rings. The summed E-state index contributed by atoms with van der Waals surface area (Å²) < 4.78 is 42.6. The highest BCUT2D eigenvalue weighted by molar-refractivity contribution is 7.92. The number of aromatic nitrogens is 1. The molecule has 188 valence electrons. The smallest absolute Gasteiger partial charge is 0.308 e. The maximum atomic E-state index is 13.3. The Balaban J connectivity index is 1.45. The highest BCUT2D eigenvalue weighted by Crippen LogP contribution is 2.35. The van der Waals surface area contributed by atoms with E-state index in [9.17, 15) is 13.2 Å². The van der Waals surface area contributed by atoms with Crippen LogP contribution in [-0.2, 0) is 16.6 Å². The van der Waals surface area contributed by atoms with Gasteiger partial charge in [0.2, 0.25) is 0 Å². The Morgan fingerprint density at radius 3 is 2.49 bits per heavy atom. The number of ether oxygens (including phenoxy) is 2. The molecule has 0 atom stereocenters. The van der Waals surface area contributed by atoms with Crippen LogP contribution in [0.2, 0.25) is 5.02 Å². The van der Waals surface area contributed by atoms with Crippen LogP contribution in [0.25, 0.3) is 10.2 Å². The van der Waals surface area contributed by atoms with Crippen molar-refractivity contribution in [3.8, 4) is 17.2 Å². The van der Waals surface area contributed by atoms with Gasteiger partial charge in [0.1, 0.15) is 11.5 Å². The largest absolute Gasteiger partial charge is 0.497 e. The molecule has 4 aromatic carbocycles. The normalized spacial score (nSPS) is 11.4. The van der Waals surface area contributed by atoms with E-state index in [0.717, 1.165) is 16.9 Å². The molecule has 5 aromatic rings. The topological polar surface area (TPSA) is 86.6 Å². The minimum atomic E-state index is -4.03. The second-order valence-corrected chi connectivity index (χ2v) is 11.2. The van der Waals surface area contributed by atoms with Crippen LogP contribution in [0.15, 0.2) is 101 Å². The van der Waals surface area contributed by atoms with Crippen molar-refractivity contribution >= 4 is 48.9 Å². The van der Waals surface area contributed by atoms with Gasteiger partial charge in [0.05, 0.1) is 34.5 Å². The number of rotatable bonds is 8. The van der Waals surface area contributed by atoms with Crippen LogP contribution in [-0.4, -0.2) is 20.1 Å². The number of hydrogen-bond donors (Lipinski definition) is 1. The van der Waals surface area contributed by atoms with Gasteiger partial charge in [0.15, 0.2) is 5.75 Å². The summed E-state index contributed by atoms with van der Waals surface area (Å²) in [7, 11) is -2.48. The fourth-order valence-electron chi connectivity index (χ4n) is 3.80. The van der Waals surface area contributed by atoms with Crippen LogP contribution in [0.5, 0.6) is 17.2 Å². The molecular formula is C27H21ClN2O5S2. The third-order valence-electron chi connectivity index (χ3n) is 5.59. The fraction of sp³-hybridized carbons (Fsp3) is 0.0741. The van der Waals surface area contributed by atoms with Crippen LogP contribution in [0, 0.1) is 0 Å². The predicted octanol–water partition coefficient (Wildman–Crippen LogP) is 6.37. The monoisotopic (exact) mass is 552 g/mol. The van der Waals surface area contributed by atoms with E-state index in [0.29, 0.717) is 33.3 Å². The van der Waals surface area contributed by atoms with E-state index in [1.165, 1.54) is 18.2 Å². The predicted molar refractivity (Wildman–Crippen MR) is 147 cm³/mol. The number of halogens is 1. The molecule has 0 amide bonds. The highest BCUT2D eigenvalue weighted by atomic mass is 35.5. The van der Waals surface area contributed by atoms with Crippen molar-refractivity contribution < 1.29 is 17.9 Å². The summed E-state index contributed by atoms with van der Waals surface area (Å²) in [6, 6.07) is 25.8. The first-order chi connectivity index (χ1) is 17.8. The Kier molecular flexibility index (Phi) is 6.92. The molecule has 1 N–H and O–H groups in total. The van der Waals surface area contributed by atoms with E-state index in [2.05, 4.69) is 4.72 Å². The Labute approximate surface area is 222 Å². The number of thiazole rings is 1. The lowest BCUT2D eigenvalue weighted by Gasteiger charge is -2.14. The highest BCUT2D eigenvalue weighted by Gasteiger charge is 2.20. The quantitative estimate of drug-likeness (QED) is 0.242. The van der Waals surface area contributed by atoms with E-state index in [4.69, 9.17) is 21.1 Å². The number of hydrogen-bond acceptors (Lipinski definition) is 6. The molecule has 0 aliphatic rings. The SMILES string of the molecule is COc1cccc(Oc2ccc(Cl)cc2NS(=O)(=O)c2ccc3c(c2)sc(=O)n3Cc2ccccc2)c1. The lowest BCUT2D eigenvalue weighted by molar-refractivity contribution is 0.409. The van der Waals surface area contributed by atoms with Crippen molar-refractivity contribution in [1.82, 2.24) is 4.57 Å². The molecule has 1 aromatic heterocycles. The van der Waals surface area contributed by atoms with Crippen LogP contribution < -0.4 is 19.1 Å². The molecule has 0 bridgehead atoms. The first kappa shape index (κ1) is 24.9. The zero-order valence-electron chi connectivity index (χ0n) is 19.6. The number of anilines is 1. The van der Waals surface area contributed by atoms with Gasteiger partial charge in [-0.25, -0.2) is 8.42 Å². The summed E-state index contributed by atoms with van der Waals surface area (Å²) in [6.07, 6.45) is 0. The molecule has 0 aliphatic heterocycles. The molecule has 0 spiro atoms. The minimum absolute atomic E-state index is 0.0143. The van der Waals surface area contributed by atoms with Crippen molar-refractivity contribution in [2.45, 2.75) is 11.4 Å². The summed E-state index contributed by atoms with van der Waals surface area (Å²) in [5, 5.41) is 0.336. The zero-order chi connectivity index (χ0) is 26.0. The number of sulfonamides is 1. The van der Waals surface area contributed by atoms with Gasteiger partial charge >= 0.3 is 4.87 Å². The van der Waals surface area contributed by atoms with Gasteiger partial charge in [0.25, 0.3) is 10.0 Å². The fourth-order valence-corrected chi connectivity index (χ4v) is 6.06. The average Bonchev–Trinajstić information content (AvgIpc) is 3.20. The maximum absolute atomic E-state index is 13.3. The minimum Gasteiger partial charge on any atom is -0.497 e. The number of nitrogens with zero attached hydrogens (tertiary/aromatic N) is 1.